The Kier molecular flexibility index (Phi) is 5.12. The molecule has 0 aliphatic carbocycles. The summed E-state index contributed by atoms with van der Waals surface area (Å²) in [6.07, 6.45) is 1.52. The average molecular weight is 375 g/mol. The second-order valence-corrected chi connectivity index (χ2v) is 7.24. The highest BCUT2D eigenvalue weighted by Crippen LogP contribution is 2.41. The van der Waals surface area contributed by atoms with E-state index in [2.05, 4.69) is 29.8 Å². The third-order valence-corrected chi connectivity index (χ3v) is 4.80. The van der Waals surface area contributed by atoms with E-state index >= 15 is 0 Å². The molecule has 1 saturated heterocycles. The molecule has 0 spiro atoms. The number of aliphatic carboxylic acids is 1. The summed E-state index contributed by atoms with van der Waals surface area (Å²) >= 11 is 3.07. The molecular weight excluding hydrogens is 355 g/mol. The lowest BCUT2D eigenvalue weighted by Crippen LogP contribution is -2.27. The van der Waals surface area contributed by atoms with Crippen LogP contribution in [-0.2, 0) is 9.53 Å². The molecule has 1 aromatic rings. The van der Waals surface area contributed by atoms with Crippen LogP contribution >= 0.6 is 15.9 Å². The molecule has 22 heavy (non-hydrogen) atoms. The number of methoxy groups -OCH3 is 1. The molecule has 0 bridgehead atoms. The molecular formula is C16H20BrFO4. The van der Waals surface area contributed by atoms with E-state index < -0.39 is 16.6 Å². The number of alkyl halides is 1. The van der Waals surface area contributed by atoms with Crippen molar-refractivity contribution < 1.29 is 23.8 Å². The Morgan fingerprint density at radius 2 is 2.23 bits per heavy atom. The predicted molar refractivity (Wildman–Crippen MR) is 84.0 cm³/mol. The van der Waals surface area contributed by atoms with Crippen molar-refractivity contribution in [2.24, 2.45) is 5.41 Å². The van der Waals surface area contributed by atoms with E-state index in [1.807, 2.05) is 0 Å². The van der Waals surface area contributed by atoms with Crippen molar-refractivity contribution in [3.8, 4) is 5.75 Å². The second-order valence-electron chi connectivity index (χ2n) is 6.33. The highest BCUT2D eigenvalue weighted by atomic mass is 79.9. The van der Waals surface area contributed by atoms with E-state index in [1.165, 1.54) is 13.2 Å². The molecule has 2 atom stereocenters. The van der Waals surface area contributed by atoms with Crippen LogP contribution in [0.3, 0.4) is 0 Å². The van der Waals surface area contributed by atoms with Crippen molar-refractivity contribution in [2.75, 3.05) is 13.7 Å². The molecule has 1 heterocycles. The van der Waals surface area contributed by atoms with Crippen LogP contribution in [0.25, 0.3) is 0 Å². The van der Waals surface area contributed by atoms with Crippen molar-refractivity contribution in [2.45, 2.75) is 37.6 Å². The Balaban J connectivity index is 2.36. The van der Waals surface area contributed by atoms with Gasteiger partial charge in [-0.1, -0.05) is 29.8 Å². The lowest BCUT2D eigenvalue weighted by molar-refractivity contribution is -0.136. The minimum absolute atomic E-state index is 0.0517. The summed E-state index contributed by atoms with van der Waals surface area (Å²) in [6, 6.07) is 3.02. The van der Waals surface area contributed by atoms with Gasteiger partial charge in [0.2, 0.25) is 0 Å². The van der Waals surface area contributed by atoms with Crippen molar-refractivity contribution in [3.63, 3.8) is 0 Å². The molecule has 1 aliphatic rings. The highest BCUT2D eigenvalue weighted by molar-refractivity contribution is 9.09. The molecule has 1 fully saturated rings. The van der Waals surface area contributed by atoms with E-state index in [0.717, 1.165) is 12.8 Å². The van der Waals surface area contributed by atoms with E-state index in [9.17, 15) is 9.18 Å². The van der Waals surface area contributed by atoms with Gasteiger partial charge in [-0.2, -0.15) is 0 Å². The summed E-state index contributed by atoms with van der Waals surface area (Å²) in [5, 5.41) is 9.16. The summed E-state index contributed by atoms with van der Waals surface area (Å²) in [4.78, 5) is 10.2. The van der Waals surface area contributed by atoms with Gasteiger partial charge in [-0.05, 0) is 36.0 Å². The van der Waals surface area contributed by atoms with Gasteiger partial charge in [0, 0.05) is 5.56 Å². The topological polar surface area (TPSA) is 55.8 Å². The molecule has 1 N–H and O–H groups in total. The van der Waals surface area contributed by atoms with E-state index in [1.54, 1.807) is 6.07 Å². The van der Waals surface area contributed by atoms with Gasteiger partial charge >= 0.3 is 5.97 Å². The SMILES string of the molecule is COc1c(F)cc([C@H]2CCC(C)(C)CO2)cc1C(Br)C(=O)O. The zero-order valence-electron chi connectivity index (χ0n) is 12.9. The normalized spacial score (nSPS) is 22.1. The number of rotatable bonds is 4. The van der Waals surface area contributed by atoms with E-state index in [-0.39, 0.29) is 22.8 Å². The first-order chi connectivity index (χ1) is 10.2. The maximum Gasteiger partial charge on any atom is 0.321 e. The Morgan fingerprint density at radius 3 is 2.73 bits per heavy atom. The lowest BCUT2D eigenvalue weighted by atomic mass is 9.84. The molecule has 0 aromatic heterocycles. The van der Waals surface area contributed by atoms with Crippen LogP contribution < -0.4 is 4.74 Å². The Morgan fingerprint density at radius 1 is 1.55 bits per heavy atom. The molecule has 0 amide bonds. The first-order valence-electron chi connectivity index (χ1n) is 7.11. The number of hydrogen-bond donors (Lipinski definition) is 1. The van der Waals surface area contributed by atoms with Crippen LogP contribution in [0.15, 0.2) is 12.1 Å². The van der Waals surface area contributed by atoms with Gasteiger partial charge in [0.15, 0.2) is 11.6 Å². The van der Waals surface area contributed by atoms with Gasteiger partial charge in [0.25, 0.3) is 0 Å². The molecule has 1 aromatic carbocycles. The standard InChI is InChI=1S/C16H20BrFO4/c1-16(2)5-4-12(22-8-16)9-6-10(13(17)15(19)20)14(21-3)11(18)7-9/h6-7,12-13H,4-5,8H2,1-3H3,(H,19,20)/t12-,13?/m1/s1. The number of carboxylic acids is 1. The fourth-order valence-corrected chi connectivity index (χ4v) is 2.97. The fraction of sp³-hybridized carbons (Fsp3) is 0.562. The largest absolute Gasteiger partial charge is 0.493 e. The summed E-state index contributed by atoms with van der Waals surface area (Å²) < 4.78 is 25.1. The first kappa shape index (κ1) is 17.2. The van der Waals surface area contributed by atoms with Crippen molar-refractivity contribution in [1.82, 2.24) is 0 Å². The molecule has 1 unspecified atom stereocenters. The molecule has 0 saturated carbocycles. The number of benzene rings is 1. The summed E-state index contributed by atoms with van der Waals surface area (Å²) in [5.41, 5.74) is 1.02. The first-order valence-corrected chi connectivity index (χ1v) is 8.02. The van der Waals surface area contributed by atoms with E-state index in [0.29, 0.717) is 12.2 Å². The molecule has 6 heteroatoms. The maximum absolute atomic E-state index is 14.2. The number of hydrogen-bond acceptors (Lipinski definition) is 3. The van der Waals surface area contributed by atoms with Gasteiger partial charge in [-0.15, -0.1) is 0 Å². The van der Waals surface area contributed by atoms with Gasteiger partial charge < -0.3 is 14.6 Å². The molecule has 4 nitrogen and oxygen atoms in total. The molecule has 1 aliphatic heterocycles. The Bertz CT molecular complexity index is 564. The number of ether oxygens (including phenoxy) is 2. The Labute approximate surface area is 137 Å². The van der Waals surface area contributed by atoms with Crippen LogP contribution in [0.1, 0.15) is 48.7 Å². The fourth-order valence-electron chi connectivity index (χ4n) is 2.63. The summed E-state index contributed by atoms with van der Waals surface area (Å²) in [6.45, 7) is 4.85. The quantitative estimate of drug-likeness (QED) is 0.801. The second kappa shape index (κ2) is 6.54. The van der Waals surface area contributed by atoms with Gasteiger partial charge in [0.1, 0.15) is 4.83 Å². The predicted octanol–water partition coefficient (Wildman–Crippen LogP) is 4.23. The maximum atomic E-state index is 14.2. The number of carboxylic acid groups (broad SMARTS) is 1. The smallest absolute Gasteiger partial charge is 0.321 e. The minimum atomic E-state index is -1.10. The monoisotopic (exact) mass is 374 g/mol. The number of carbonyl (C=O) groups is 1. The van der Waals surface area contributed by atoms with Crippen LogP contribution in [0.4, 0.5) is 4.39 Å². The average Bonchev–Trinajstić information content (AvgIpc) is 2.45. The van der Waals surface area contributed by atoms with Crippen molar-refractivity contribution in [3.05, 3.63) is 29.1 Å². The van der Waals surface area contributed by atoms with Crippen LogP contribution in [-0.4, -0.2) is 24.8 Å². The molecule has 2 rings (SSSR count). The zero-order chi connectivity index (χ0) is 16.5. The van der Waals surface area contributed by atoms with E-state index in [4.69, 9.17) is 14.6 Å². The molecule has 0 radical (unpaired) electrons. The summed E-state index contributed by atoms with van der Waals surface area (Å²) in [5.74, 6) is -1.72. The van der Waals surface area contributed by atoms with Crippen LogP contribution in [0, 0.1) is 11.2 Å². The number of halogens is 2. The van der Waals surface area contributed by atoms with Gasteiger partial charge in [0.05, 0.1) is 19.8 Å². The third kappa shape index (κ3) is 3.60. The van der Waals surface area contributed by atoms with Crippen LogP contribution in [0.2, 0.25) is 0 Å². The molecule has 122 valence electrons. The van der Waals surface area contributed by atoms with Gasteiger partial charge in [-0.25, -0.2) is 4.39 Å². The lowest BCUT2D eigenvalue weighted by Gasteiger charge is -2.35. The third-order valence-electron chi connectivity index (χ3n) is 3.92. The highest BCUT2D eigenvalue weighted by Gasteiger charge is 2.31. The van der Waals surface area contributed by atoms with Crippen LogP contribution in [0.5, 0.6) is 5.75 Å². The van der Waals surface area contributed by atoms with Crippen molar-refractivity contribution >= 4 is 21.9 Å². The zero-order valence-corrected chi connectivity index (χ0v) is 14.4. The van der Waals surface area contributed by atoms with Crippen molar-refractivity contribution in [1.29, 1.82) is 0 Å². The van der Waals surface area contributed by atoms with Gasteiger partial charge in [-0.3, -0.25) is 4.79 Å². The Hall–Kier alpha value is -1.14. The summed E-state index contributed by atoms with van der Waals surface area (Å²) in [7, 11) is 1.32. The minimum Gasteiger partial charge on any atom is -0.493 e.